The summed E-state index contributed by atoms with van der Waals surface area (Å²) < 4.78 is 0. The molecule has 2 rings (SSSR count). The van der Waals surface area contributed by atoms with E-state index in [1.54, 1.807) is 12.1 Å². The van der Waals surface area contributed by atoms with Crippen molar-refractivity contribution in [2.75, 3.05) is 19.6 Å². The van der Waals surface area contributed by atoms with Crippen LogP contribution < -0.4 is 5.32 Å². The Morgan fingerprint density at radius 3 is 2.73 bits per heavy atom. The fraction of sp³-hybridized carbons (Fsp3) is 0.529. The van der Waals surface area contributed by atoms with Crippen molar-refractivity contribution in [3.05, 3.63) is 29.8 Å². The molecule has 0 radical (unpaired) electrons. The molecule has 5 nitrogen and oxygen atoms in total. The number of carbonyl (C=O) groups is 2. The monoisotopic (exact) mass is 304 g/mol. The maximum atomic E-state index is 11.8. The summed E-state index contributed by atoms with van der Waals surface area (Å²) in [4.78, 5) is 25.5. The van der Waals surface area contributed by atoms with E-state index in [4.69, 9.17) is 0 Å². The minimum atomic E-state index is -0.0178. The van der Waals surface area contributed by atoms with Crippen LogP contribution in [0.3, 0.4) is 0 Å². The normalized spacial score (nSPS) is 15.5. The highest BCUT2D eigenvalue weighted by atomic mass is 16.3. The first kappa shape index (κ1) is 16.3. The van der Waals surface area contributed by atoms with Gasteiger partial charge in [-0.1, -0.05) is 18.6 Å². The number of amides is 2. The molecule has 22 heavy (non-hydrogen) atoms. The van der Waals surface area contributed by atoms with E-state index < -0.39 is 0 Å². The molecule has 1 aromatic rings. The van der Waals surface area contributed by atoms with Crippen LogP contribution in [-0.2, 0) is 16.0 Å². The van der Waals surface area contributed by atoms with E-state index in [-0.39, 0.29) is 17.6 Å². The number of hydrogen-bond acceptors (Lipinski definition) is 3. The predicted molar refractivity (Wildman–Crippen MR) is 84.5 cm³/mol. The Morgan fingerprint density at radius 1 is 1.18 bits per heavy atom. The Morgan fingerprint density at radius 2 is 1.95 bits per heavy atom. The lowest BCUT2D eigenvalue weighted by molar-refractivity contribution is -0.131. The molecule has 1 fully saturated rings. The average molecular weight is 304 g/mol. The first-order valence-electron chi connectivity index (χ1n) is 7.97. The molecular formula is C17H24N2O3. The fourth-order valence-corrected chi connectivity index (χ4v) is 2.61. The lowest BCUT2D eigenvalue weighted by atomic mass is 10.1. The van der Waals surface area contributed by atoms with E-state index in [1.807, 2.05) is 17.0 Å². The topological polar surface area (TPSA) is 69.6 Å². The molecule has 2 N–H and O–H groups in total. The van der Waals surface area contributed by atoms with Crippen LogP contribution in [0.5, 0.6) is 5.75 Å². The summed E-state index contributed by atoms with van der Waals surface area (Å²) in [6.07, 6.45) is 4.81. The number of nitrogens with zero attached hydrogens (tertiary/aromatic N) is 1. The summed E-state index contributed by atoms with van der Waals surface area (Å²) in [6, 6.07) is 6.97. The molecule has 1 saturated heterocycles. The third kappa shape index (κ3) is 5.39. The van der Waals surface area contributed by atoms with Gasteiger partial charge in [-0.15, -0.1) is 0 Å². The Hall–Kier alpha value is -2.04. The minimum absolute atomic E-state index is 0.0178. The van der Waals surface area contributed by atoms with E-state index in [1.165, 1.54) is 0 Å². The van der Waals surface area contributed by atoms with Crippen LogP contribution in [0.15, 0.2) is 24.3 Å². The second-order valence-electron chi connectivity index (χ2n) is 5.71. The summed E-state index contributed by atoms with van der Waals surface area (Å²) >= 11 is 0. The van der Waals surface area contributed by atoms with Crippen molar-refractivity contribution in [3.63, 3.8) is 0 Å². The number of aromatic hydroxyl groups is 1. The fourth-order valence-electron chi connectivity index (χ4n) is 2.61. The molecule has 1 aliphatic rings. The first-order chi connectivity index (χ1) is 10.6. The zero-order valence-corrected chi connectivity index (χ0v) is 12.9. The second kappa shape index (κ2) is 8.41. The van der Waals surface area contributed by atoms with E-state index in [9.17, 15) is 14.7 Å². The van der Waals surface area contributed by atoms with Gasteiger partial charge in [0.2, 0.25) is 11.8 Å². The first-order valence-corrected chi connectivity index (χ1v) is 7.97. The van der Waals surface area contributed by atoms with Crippen LogP contribution in [0.2, 0.25) is 0 Å². The summed E-state index contributed by atoms with van der Waals surface area (Å²) in [7, 11) is 0. The standard InChI is InChI=1S/C17H24N2O3/c20-15-7-5-14(6-8-15)9-11-18-16(21)10-13-19-12-3-1-2-4-17(19)22/h5-8,20H,1-4,9-13H2,(H,18,21). The molecule has 0 saturated carbocycles. The molecule has 1 aromatic carbocycles. The Labute approximate surface area is 131 Å². The number of benzene rings is 1. The van der Waals surface area contributed by atoms with Crippen LogP contribution in [0.1, 0.15) is 37.7 Å². The van der Waals surface area contributed by atoms with Gasteiger partial charge in [-0.2, -0.15) is 0 Å². The highest BCUT2D eigenvalue weighted by Gasteiger charge is 2.17. The van der Waals surface area contributed by atoms with Crippen molar-refractivity contribution in [3.8, 4) is 5.75 Å². The molecular weight excluding hydrogens is 280 g/mol. The van der Waals surface area contributed by atoms with Crippen molar-refractivity contribution in [2.24, 2.45) is 0 Å². The summed E-state index contributed by atoms with van der Waals surface area (Å²) in [5.74, 6) is 0.403. The highest BCUT2D eigenvalue weighted by Crippen LogP contribution is 2.11. The van der Waals surface area contributed by atoms with Crippen molar-refractivity contribution >= 4 is 11.8 Å². The lowest BCUT2D eigenvalue weighted by Crippen LogP contribution is -2.35. The predicted octanol–water partition coefficient (Wildman–Crippen LogP) is 1.84. The van der Waals surface area contributed by atoms with Crippen molar-refractivity contribution in [1.29, 1.82) is 0 Å². The summed E-state index contributed by atoms with van der Waals surface area (Å²) in [5, 5.41) is 12.1. The van der Waals surface area contributed by atoms with Crippen LogP contribution >= 0.6 is 0 Å². The molecule has 2 amide bonds. The maximum absolute atomic E-state index is 11.8. The van der Waals surface area contributed by atoms with Gasteiger partial charge in [0, 0.05) is 32.5 Å². The summed E-state index contributed by atoms with van der Waals surface area (Å²) in [6.45, 7) is 1.86. The zero-order valence-electron chi connectivity index (χ0n) is 12.9. The Balaban J connectivity index is 1.65. The van der Waals surface area contributed by atoms with Gasteiger partial charge in [0.05, 0.1) is 0 Å². The summed E-state index contributed by atoms with van der Waals surface area (Å²) in [5.41, 5.74) is 1.07. The number of phenolic OH excluding ortho intramolecular Hbond substituents is 1. The number of nitrogens with one attached hydrogen (secondary N) is 1. The van der Waals surface area contributed by atoms with E-state index in [2.05, 4.69) is 5.32 Å². The Bertz CT molecular complexity index is 499. The van der Waals surface area contributed by atoms with Gasteiger partial charge in [-0.05, 0) is 37.0 Å². The molecule has 0 bridgehead atoms. The van der Waals surface area contributed by atoms with E-state index in [0.717, 1.165) is 37.8 Å². The van der Waals surface area contributed by atoms with Gasteiger partial charge in [0.1, 0.15) is 5.75 Å². The van der Waals surface area contributed by atoms with Gasteiger partial charge in [-0.25, -0.2) is 0 Å². The quantitative estimate of drug-likeness (QED) is 0.842. The number of phenols is 1. The molecule has 0 spiro atoms. The van der Waals surface area contributed by atoms with Crippen LogP contribution in [0.25, 0.3) is 0 Å². The van der Waals surface area contributed by atoms with Gasteiger partial charge >= 0.3 is 0 Å². The molecule has 0 unspecified atom stereocenters. The van der Waals surface area contributed by atoms with Gasteiger partial charge in [0.15, 0.2) is 0 Å². The number of likely N-dealkylation sites (tertiary alicyclic amines) is 1. The van der Waals surface area contributed by atoms with Crippen LogP contribution in [0, 0.1) is 0 Å². The SMILES string of the molecule is O=C(CCN1CCCCCC1=O)NCCc1ccc(O)cc1. The lowest BCUT2D eigenvalue weighted by Gasteiger charge is -2.20. The van der Waals surface area contributed by atoms with Crippen molar-refractivity contribution in [2.45, 2.75) is 38.5 Å². The van der Waals surface area contributed by atoms with Gasteiger partial charge in [-0.3, -0.25) is 9.59 Å². The molecule has 0 atom stereocenters. The van der Waals surface area contributed by atoms with Gasteiger partial charge < -0.3 is 15.3 Å². The van der Waals surface area contributed by atoms with E-state index >= 15 is 0 Å². The average Bonchev–Trinajstić information content (AvgIpc) is 2.72. The molecule has 1 aliphatic heterocycles. The minimum Gasteiger partial charge on any atom is -0.508 e. The third-order valence-corrected chi connectivity index (χ3v) is 3.95. The molecule has 1 heterocycles. The smallest absolute Gasteiger partial charge is 0.222 e. The number of rotatable bonds is 6. The molecule has 0 aromatic heterocycles. The maximum Gasteiger partial charge on any atom is 0.222 e. The van der Waals surface area contributed by atoms with E-state index in [0.29, 0.717) is 25.9 Å². The zero-order chi connectivity index (χ0) is 15.8. The highest BCUT2D eigenvalue weighted by molar-refractivity contribution is 5.79. The van der Waals surface area contributed by atoms with Crippen LogP contribution in [-0.4, -0.2) is 41.5 Å². The molecule has 0 aliphatic carbocycles. The van der Waals surface area contributed by atoms with Crippen molar-refractivity contribution in [1.82, 2.24) is 10.2 Å². The number of hydrogen-bond donors (Lipinski definition) is 2. The number of carbonyl (C=O) groups excluding carboxylic acids is 2. The largest absolute Gasteiger partial charge is 0.508 e. The van der Waals surface area contributed by atoms with Gasteiger partial charge in [0.25, 0.3) is 0 Å². The molecule has 5 heteroatoms. The van der Waals surface area contributed by atoms with Crippen molar-refractivity contribution < 1.29 is 14.7 Å². The van der Waals surface area contributed by atoms with Crippen LogP contribution in [0.4, 0.5) is 0 Å². The molecule has 120 valence electrons. The second-order valence-corrected chi connectivity index (χ2v) is 5.71. The third-order valence-electron chi connectivity index (χ3n) is 3.95. The Kier molecular flexibility index (Phi) is 6.25.